The Morgan fingerprint density at radius 1 is 1.28 bits per heavy atom. The van der Waals surface area contributed by atoms with Gasteiger partial charge in [0, 0.05) is 25.4 Å². The number of fused-ring (bicyclic) bond motifs is 1. The van der Waals surface area contributed by atoms with Crippen LogP contribution in [0.5, 0.6) is 0 Å². The van der Waals surface area contributed by atoms with Gasteiger partial charge in [-0.1, -0.05) is 38.1 Å². The van der Waals surface area contributed by atoms with Gasteiger partial charge in [-0.3, -0.25) is 0 Å². The molecule has 0 spiro atoms. The number of benzene rings is 1. The van der Waals surface area contributed by atoms with E-state index in [0.29, 0.717) is 0 Å². The third kappa shape index (κ3) is 4.85. The highest BCUT2D eigenvalue weighted by Crippen LogP contribution is 2.39. The molecule has 0 aliphatic carbocycles. The zero-order chi connectivity index (χ0) is 18.6. The van der Waals surface area contributed by atoms with Crippen molar-refractivity contribution in [1.29, 1.82) is 0 Å². The fourth-order valence-electron chi connectivity index (χ4n) is 3.35. The van der Waals surface area contributed by atoms with Crippen molar-refractivity contribution < 1.29 is 9.90 Å². The summed E-state index contributed by atoms with van der Waals surface area (Å²) in [5.41, 5.74) is 6.02. The highest BCUT2D eigenvalue weighted by atomic mass is 16.4. The molecular formula is C22H29NO2. The molecule has 0 unspecified atom stereocenters. The Morgan fingerprint density at radius 2 is 2.00 bits per heavy atom. The van der Waals surface area contributed by atoms with Crippen LogP contribution in [0, 0.1) is 0 Å². The Labute approximate surface area is 151 Å². The Morgan fingerprint density at radius 3 is 2.68 bits per heavy atom. The van der Waals surface area contributed by atoms with Gasteiger partial charge in [0.2, 0.25) is 0 Å². The maximum Gasteiger partial charge on any atom is 0.328 e. The van der Waals surface area contributed by atoms with E-state index in [9.17, 15) is 4.79 Å². The van der Waals surface area contributed by atoms with E-state index in [2.05, 4.69) is 50.9 Å². The van der Waals surface area contributed by atoms with Crippen molar-refractivity contribution in [3.8, 4) is 0 Å². The molecule has 3 heteroatoms. The lowest BCUT2D eigenvalue weighted by Gasteiger charge is -2.27. The minimum absolute atomic E-state index is 0.174. The number of carbonyl (C=O) groups is 1. The van der Waals surface area contributed by atoms with Crippen molar-refractivity contribution in [3.63, 3.8) is 0 Å². The van der Waals surface area contributed by atoms with E-state index in [1.165, 1.54) is 41.3 Å². The summed E-state index contributed by atoms with van der Waals surface area (Å²) in [5, 5.41) is 8.75. The molecule has 1 aliphatic heterocycles. The van der Waals surface area contributed by atoms with E-state index in [0.717, 1.165) is 12.1 Å². The van der Waals surface area contributed by atoms with Crippen LogP contribution in [0.2, 0.25) is 0 Å². The number of hydrogen-bond donors (Lipinski definition) is 1. The van der Waals surface area contributed by atoms with E-state index in [4.69, 9.17) is 5.11 Å². The van der Waals surface area contributed by atoms with Gasteiger partial charge in [0.1, 0.15) is 0 Å². The van der Waals surface area contributed by atoms with Crippen molar-refractivity contribution in [2.45, 2.75) is 46.0 Å². The predicted octanol–water partition coefficient (Wildman–Crippen LogP) is 5.18. The van der Waals surface area contributed by atoms with Crippen molar-refractivity contribution in [3.05, 3.63) is 59.2 Å². The minimum atomic E-state index is -0.917. The summed E-state index contributed by atoms with van der Waals surface area (Å²) in [6.45, 7) is 9.63. The number of carboxylic acids is 1. The second-order valence-corrected chi connectivity index (χ2v) is 7.58. The number of rotatable bonds is 4. The van der Waals surface area contributed by atoms with Crippen molar-refractivity contribution in [2.75, 3.05) is 18.5 Å². The van der Waals surface area contributed by atoms with E-state index in [1.54, 1.807) is 6.92 Å². The molecule has 2 rings (SSSR count). The Kier molecular flexibility index (Phi) is 5.89. The quantitative estimate of drug-likeness (QED) is 0.606. The zero-order valence-electron chi connectivity index (χ0n) is 16.0. The molecule has 0 bridgehead atoms. The predicted molar refractivity (Wildman–Crippen MR) is 106 cm³/mol. The van der Waals surface area contributed by atoms with Gasteiger partial charge >= 0.3 is 5.97 Å². The lowest BCUT2D eigenvalue weighted by atomic mass is 9.79. The second-order valence-electron chi connectivity index (χ2n) is 7.58. The summed E-state index contributed by atoms with van der Waals surface area (Å²) in [6, 6.07) is 6.72. The molecule has 0 fully saturated rings. The molecule has 25 heavy (non-hydrogen) atoms. The van der Waals surface area contributed by atoms with Crippen LogP contribution in [0.25, 0.3) is 5.57 Å². The summed E-state index contributed by atoms with van der Waals surface area (Å²) in [4.78, 5) is 13.0. The first-order valence-corrected chi connectivity index (χ1v) is 8.83. The SMILES string of the molecule is CC(C=CC=C(C)c1ccc2c(c1)C(C)(C)CCCN2C)=CC(=O)O. The van der Waals surface area contributed by atoms with Crippen LogP contribution >= 0.6 is 0 Å². The van der Waals surface area contributed by atoms with Crippen LogP contribution in [0.4, 0.5) is 5.69 Å². The molecule has 1 N–H and O–H groups in total. The van der Waals surface area contributed by atoms with Gasteiger partial charge in [-0.05, 0) is 66.5 Å². The maximum atomic E-state index is 10.7. The molecule has 0 saturated carbocycles. The number of nitrogens with zero attached hydrogens (tertiary/aromatic N) is 1. The fraction of sp³-hybridized carbons (Fsp3) is 0.409. The normalized spacial score (nSPS) is 18.2. The van der Waals surface area contributed by atoms with Gasteiger partial charge in [-0.2, -0.15) is 0 Å². The molecular weight excluding hydrogens is 310 g/mol. The molecule has 134 valence electrons. The van der Waals surface area contributed by atoms with E-state index in [-0.39, 0.29) is 5.41 Å². The first-order chi connectivity index (χ1) is 11.7. The summed E-state index contributed by atoms with van der Waals surface area (Å²) in [6.07, 6.45) is 9.37. The monoisotopic (exact) mass is 339 g/mol. The van der Waals surface area contributed by atoms with E-state index < -0.39 is 5.97 Å². The van der Waals surface area contributed by atoms with Crippen LogP contribution in [0.1, 0.15) is 51.7 Å². The first-order valence-electron chi connectivity index (χ1n) is 8.83. The summed E-state index contributed by atoms with van der Waals surface area (Å²) in [7, 11) is 2.17. The van der Waals surface area contributed by atoms with Crippen LogP contribution in [-0.2, 0) is 10.2 Å². The molecule has 0 atom stereocenters. The zero-order valence-corrected chi connectivity index (χ0v) is 16.0. The lowest BCUT2D eigenvalue weighted by molar-refractivity contribution is -0.131. The van der Waals surface area contributed by atoms with Crippen molar-refractivity contribution >= 4 is 17.2 Å². The molecule has 1 aromatic carbocycles. The summed E-state index contributed by atoms with van der Waals surface area (Å²) >= 11 is 0. The Hall–Kier alpha value is -2.29. The molecule has 0 saturated heterocycles. The largest absolute Gasteiger partial charge is 0.478 e. The number of carboxylic acid groups (broad SMARTS) is 1. The molecule has 1 aliphatic rings. The van der Waals surface area contributed by atoms with Gasteiger partial charge in [-0.15, -0.1) is 0 Å². The van der Waals surface area contributed by atoms with Gasteiger partial charge in [0.15, 0.2) is 0 Å². The Balaban J connectivity index is 2.32. The second kappa shape index (κ2) is 7.73. The summed E-state index contributed by atoms with van der Waals surface area (Å²) in [5.74, 6) is -0.917. The van der Waals surface area contributed by atoms with Crippen molar-refractivity contribution in [1.82, 2.24) is 0 Å². The van der Waals surface area contributed by atoms with Crippen LogP contribution in [0.3, 0.4) is 0 Å². The van der Waals surface area contributed by atoms with E-state index >= 15 is 0 Å². The van der Waals surface area contributed by atoms with Crippen LogP contribution in [0.15, 0.2) is 48.1 Å². The average Bonchev–Trinajstić information content (AvgIpc) is 2.63. The third-order valence-corrected chi connectivity index (χ3v) is 4.94. The van der Waals surface area contributed by atoms with Crippen LogP contribution in [-0.4, -0.2) is 24.7 Å². The van der Waals surface area contributed by atoms with Crippen LogP contribution < -0.4 is 4.90 Å². The third-order valence-electron chi connectivity index (χ3n) is 4.94. The minimum Gasteiger partial charge on any atom is -0.478 e. The number of allylic oxidation sites excluding steroid dienone is 5. The van der Waals surface area contributed by atoms with E-state index in [1.807, 2.05) is 18.2 Å². The maximum absolute atomic E-state index is 10.7. The summed E-state index contributed by atoms with van der Waals surface area (Å²) < 4.78 is 0. The number of hydrogen-bond acceptors (Lipinski definition) is 2. The lowest BCUT2D eigenvalue weighted by Crippen LogP contribution is -2.19. The Bertz CT molecular complexity index is 738. The number of anilines is 1. The number of aliphatic carboxylic acids is 1. The fourth-order valence-corrected chi connectivity index (χ4v) is 3.35. The standard InChI is InChI=1S/C22H29NO2/c1-16(14-21(24)25)8-6-9-17(2)18-10-11-20-19(15-18)22(3,4)12-7-13-23(20)5/h6,8-11,14-15H,7,12-13H2,1-5H3,(H,24,25). The highest BCUT2D eigenvalue weighted by Gasteiger charge is 2.28. The molecule has 0 radical (unpaired) electrons. The van der Waals surface area contributed by atoms with Gasteiger partial charge < -0.3 is 10.0 Å². The average molecular weight is 339 g/mol. The van der Waals surface area contributed by atoms with Gasteiger partial charge in [0.05, 0.1) is 0 Å². The smallest absolute Gasteiger partial charge is 0.328 e. The van der Waals surface area contributed by atoms with Gasteiger partial charge in [0.25, 0.3) is 0 Å². The first kappa shape index (κ1) is 19.0. The molecule has 0 aromatic heterocycles. The molecule has 1 heterocycles. The van der Waals surface area contributed by atoms with Gasteiger partial charge in [-0.25, -0.2) is 4.79 Å². The van der Waals surface area contributed by atoms with Crippen molar-refractivity contribution in [2.24, 2.45) is 0 Å². The molecule has 0 amide bonds. The highest BCUT2D eigenvalue weighted by molar-refractivity contribution is 5.81. The molecule has 3 nitrogen and oxygen atoms in total. The molecule has 1 aromatic rings. The topological polar surface area (TPSA) is 40.5 Å².